The van der Waals surface area contributed by atoms with E-state index in [1.165, 1.54) is 123 Å². The van der Waals surface area contributed by atoms with Gasteiger partial charge in [-0.1, -0.05) is 234 Å². The third-order valence-electron chi connectivity index (χ3n) is 19.3. The van der Waals surface area contributed by atoms with Crippen molar-refractivity contribution >= 4 is 57.2 Å². The largest absolute Gasteiger partial charge is 0.311 e. The fraction of sp³-hybridized carbons (Fsp3) is 0.241. The fourth-order valence-corrected chi connectivity index (χ4v) is 14.0. The summed E-state index contributed by atoms with van der Waals surface area (Å²) in [6.45, 7) is 28.8. The number of benzene rings is 10. The molecule has 0 fully saturated rings. The van der Waals surface area contributed by atoms with Gasteiger partial charge in [-0.05, 0) is 191 Å². The zero-order valence-electron chi connectivity index (χ0n) is 50.2. The van der Waals surface area contributed by atoms with Crippen molar-refractivity contribution < 1.29 is 0 Å². The first-order valence-electron chi connectivity index (χ1n) is 29.9. The zero-order chi connectivity index (χ0) is 57.1. The van der Waals surface area contributed by atoms with Crippen molar-refractivity contribution in [2.45, 2.75) is 123 Å². The molecule has 3 aliphatic rings. The maximum Gasteiger partial charge on any atom is 0.252 e. The van der Waals surface area contributed by atoms with Crippen molar-refractivity contribution in [3.63, 3.8) is 0 Å². The van der Waals surface area contributed by atoms with Crippen LogP contribution in [0.4, 0.5) is 34.1 Å². The molecule has 3 heteroatoms. The molecule has 13 rings (SSSR count). The summed E-state index contributed by atoms with van der Waals surface area (Å²) in [6, 6.07) is 85.9. The summed E-state index contributed by atoms with van der Waals surface area (Å²) in [6.07, 6.45) is 2.27. The molecule has 0 spiro atoms. The van der Waals surface area contributed by atoms with Crippen LogP contribution in [0.3, 0.4) is 0 Å². The Balaban J connectivity index is 1.12. The summed E-state index contributed by atoms with van der Waals surface area (Å²) >= 11 is 0. The normalized spacial score (nSPS) is 15.1. The topological polar surface area (TPSA) is 6.48 Å². The van der Waals surface area contributed by atoms with Crippen molar-refractivity contribution in [2.24, 2.45) is 0 Å². The third-order valence-corrected chi connectivity index (χ3v) is 19.3. The van der Waals surface area contributed by atoms with Gasteiger partial charge in [0.05, 0.1) is 5.69 Å². The van der Waals surface area contributed by atoms with E-state index in [-0.39, 0.29) is 33.8 Å². The average Bonchev–Trinajstić information content (AvgIpc) is 0.987. The van der Waals surface area contributed by atoms with Gasteiger partial charge in [0.2, 0.25) is 0 Å². The molecular formula is C79H77BN2. The van der Waals surface area contributed by atoms with Crippen molar-refractivity contribution in [1.82, 2.24) is 0 Å². The Morgan fingerprint density at radius 2 is 0.793 bits per heavy atom. The SMILES string of the molecule is Cc1cc2c3c(c1)N(c1ccc(C(C)(C)C)cc1-c1cc(-c4ccccc4)cc(-c4ccccc4)c1)c1cc4c(cc1B3c1cc(C(C)(C)c3ccccc3)ccc1N2c1ccc(C(C)(C)c2ccccc2)cc1)C(C)(C)CCC4(C)C. The lowest BCUT2D eigenvalue weighted by Crippen LogP contribution is -2.62. The van der Waals surface area contributed by atoms with Crippen molar-refractivity contribution in [3.8, 4) is 33.4 Å². The van der Waals surface area contributed by atoms with E-state index >= 15 is 0 Å². The van der Waals surface area contributed by atoms with Crippen LogP contribution in [0.2, 0.25) is 0 Å². The maximum absolute atomic E-state index is 2.71. The molecule has 10 aromatic carbocycles. The zero-order valence-corrected chi connectivity index (χ0v) is 50.2. The summed E-state index contributed by atoms with van der Waals surface area (Å²) in [5, 5.41) is 0. The molecule has 0 saturated carbocycles. The van der Waals surface area contributed by atoms with Gasteiger partial charge in [0.15, 0.2) is 0 Å². The predicted molar refractivity (Wildman–Crippen MR) is 353 cm³/mol. The number of fused-ring (bicyclic) bond motifs is 5. The number of hydrogen-bond acceptors (Lipinski definition) is 2. The highest BCUT2D eigenvalue weighted by molar-refractivity contribution is 7.00. The minimum atomic E-state index is -0.260. The van der Waals surface area contributed by atoms with Crippen LogP contribution in [0.15, 0.2) is 224 Å². The quantitative estimate of drug-likeness (QED) is 0.133. The number of anilines is 6. The molecule has 0 atom stereocenters. The molecule has 1 aliphatic carbocycles. The summed E-state index contributed by atoms with van der Waals surface area (Å²) < 4.78 is 0. The number of aryl methyl sites for hydroxylation is 1. The molecule has 0 unspecified atom stereocenters. The van der Waals surface area contributed by atoms with Crippen molar-refractivity contribution in [3.05, 3.63) is 269 Å². The highest BCUT2D eigenvalue weighted by atomic mass is 15.2. The Hall–Kier alpha value is -8.14. The molecular weight excluding hydrogens is 988 g/mol. The summed E-state index contributed by atoms with van der Waals surface area (Å²) in [5.41, 5.74) is 28.7. The minimum absolute atomic E-state index is 0.0116. The van der Waals surface area contributed by atoms with Crippen LogP contribution < -0.4 is 26.2 Å². The van der Waals surface area contributed by atoms with Gasteiger partial charge in [0, 0.05) is 44.8 Å². The first-order valence-corrected chi connectivity index (χ1v) is 29.9. The second kappa shape index (κ2) is 19.5. The smallest absolute Gasteiger partial charge is 0.252 e. The molecule has 0 radical (unpaired) electrons. The van der Waals surface area contributed by atoms with E-state index in [1.807, 2.05) is 0 Å². The van der Waals surface area contributed by atoms with E-state index in [2.05, 4.69) is 317 Å². The van der Waals surface area contributed by atoms with Crippen LogP contribution in [0.25, 0.3) is 33.4 Å². The number of hydrogen-bond donors (Lipinski definition) is 0. The van der Waals surface area contributed by atoms with Gasteiger partial charge in [0.25, 0.3) is 6.71 Å². The van der Waals surface area contributed by atoms with E-state index in [0.29, 0.717) is 0 Å². The Bertz CT molecular complexity index is 4010. The lowest BCUT2D eigenvalue weighted by molar-refractivity contribution is 0.332. The Labute approximate surface area is 489 Å². The van der Waals surface area contributed by atoms with Crippen LogP contribution in [-0.2, 0) is 27.1 Å². The van der Waals surface area contributed by atoms with Gasteiger partial charge in [-0.15, -0.1) is 0 Å². The highest BCUT2D eigenvalue weighted by Gasteiger charge is 2.47. The molecule has 2 aliphatic heterocycles. The molecule has 2 heterocycles. The van der Waals surface area contributed by atoms with E-state index in [0.717, 1.165) is 18.5 Å². The molecule has 0 aromatic heterocycles. The summed E-state index contributed by atoms with van der Waals surface area (Å²) in [4.78, 5) is 5.31. The monoisotopic (exact) mass is 1060 g/mol. The molecule has 2 nitrogen and oxygen atoms in total. The first kappa shape index (κ1) is 53.2. The summed E-state index contributed by atoms with van der Waals surface area (Å²) in [5.74, 6) is 0. The van der Waals surface area contributed by atoms with E-state index in [9.17, 15) is 0 Å². The second-order valence-electron chi connectivity index (χ2n) is 27.4. The maximum atomic E-state index is 2.71. The molecule has 0 N–H and O–H groups in total. The van der Waals surface area contributed by atoms with Crippen LogP contribution in [0.5, 0.6) is 0 Å². The van der Waals surface area contributed by atoms with Gasteiger partial charge in [0.1, 0.15) is 0 Å². The van der Waals surface area contributed by atoms with Crippen LogP contribution in [0.1, 0.15) is 134 Å². The standard InChI is InChI=1S/C79H77BN2/c1-52-43-72-74-73(44-52)82(69-39-35-61(75(2,3)4)48-64(69)57-46-55(53-25-17-13-18-26-53)45-56(47-57)54-27-19-14-20-28-54)71-51-66-65(76(5,6)41-42-77(66,7)8)50-68(71)80(74)67-49-62(79(11,12)59-31-23-16-24-32-59)36-40-70(67)81(72)63-37-33-60(34-38-63)78(9,10)58-29-21-15-22-30-58/h13-40,43-51H,41-42H2,1-12H3. The Morgan fingerprint density at radius 1 is 0.354 bits per heavy atom. The first-order chi connectivity index (χ1) is 39.2. The Kier molecular flexibility index (Phi) is 12.7. The van der Waals surface area contributed by atoms with Gasteiger partial charge in [-0.2, -0.15) is 0 Å². The van der Waals surface area contributed by atoms with Crippen molar-refractivity contribution in [2.75, 3.05) is 9.80 Å². The highest BCUT2D eigenvalue weighted by Crippen LogP contribution is 2.53. The predicted octanol–water partition coefficient (Wildman–Crippen LogP) is 19.4. The van der Waals surface area contributed by atoms with E-state index in [4.69, 9.17) is 0 Å². The van der Waals surface area contributed by atoms with Gasteiger partial charge in [-0.3, -0.25) is 0 Å². The molecule has 406 valence electrons. The van der Waals surface area contributed by atoms with E-state index < -0.39 is 0 Å². The number of rotatable bonds is 9. The van der Waals surface area contributed by atoms with Crippen LogP contribution >= 0.6 is 0 Å². The van der Waals surface area contributed by atoms with Gasteiger partial charge < -0.3 is 9.80 Å². The second-order valence-corrected chi connectivity index (χ2v) is 27.4. The molecule has 10 aromatic rings. The molecule has 0 amide bonds. The Morgan fingerprint density at radius 3 is 1.34 bits per heavy atom. The molecule has 82 heavy (non-hydrogen) atoms. The number of nitrogens with zero attached hydrogens (tertiary/aromatic N) is 2. The van der Waals surface area contributed by atoms with Crippen LogP contribution in [0, 0.1) is 6.92 Å². The molecule has 0 bridgehead atoms. The minimum Gasteiger partial charge on any atom is -0.311 e. The van der Waals surface area contributed by atoms with Gasteiger partial charge >= 0.3 is 0 Å². The van der Waals surface area contributed by atoms with E-state index in [1.54, 1.807) is 0 Å². The average molecular weight is 1070 g/mol. The lowest BCUT2D eigenvalue weighted by atomic mass is 9.33. The summed E-state index contributed by atoms with van der Waals surface area (Å²) in [7, 11) is 0. The van der Waals surface area contributed by atoms with Crippen molar-refractivity contribution in [1.29, 1.82) is 0 Å². The van der Waals surface area contributed by atoms with Crippen LogP contribution in [-0.4, -0.2) is 6.71 Å². The molecule has 0 saturated heterocycles. The van der Waals surface area contributed by atoms with Gasteiger partial charge in [-0.25, -0.2) is 0 Å². The lowest BCUT2D eigenvalue weighted by Gasteiger charge is -2.48. The third kappa shape index (κ3) is 8.94. The fourth-order valence-electron chi connectivity index (χ4n) is 14.0.